The van der Waals surface area contributed by atoms with E-state index in [9.17, 15) is 19.7 Å². The van der Waals surface area contributed by atoms with Gasteiger partial charge in [-0.1, -0.05) is 6.07 Å². The zero-order chi connectivity index (χ0) is 17.9. The number of carbonyl (C=O) groups is 2. The summed E-state index contributed by atoms with van der Waals surface area (Å²) in [6.07, 6.45) is 1.34. The van der Waals surface area contributed by atoms with Crippen LogP contribution in [0.1, 0.15) is 25.3 Å². The van der Waals surface area contributed by atoms with Crippen molar-refractivity contribution in [2.45, 2.75) is 32.7 Å². The number of nitrogens with one attached hydrogen (secondary N) is 1. The molecule has 8 nitrogen and oxygen atoms in total. The molecular formula is C16H22ClN3O5. The second-order valence-corrected chi connectivity index (χ2v) is 6.04. The van der Waals surface area contributed by atoms with Crippen molar-refractivity contribution in [3.63, 3.8) is 0 Å². The number of anilines is 1. The first kappa shape index (κ1) is 20.9. The summed E-state index contributed by atoms with van der Waals surface area (Å²) in [4.78, 5) is 35.9. The van der Waals surface area contributed by atoms with Crippen molar-refractivity contribution in [2.24, 2.45) is 5.92 Å². The molecule has 9 heteroatoms. The standard InChI is InChI=1S/C16H21N3O5.ClH/c1-10-13(6-3-7-14(10)19(23)24)17-15(20)11(2)18-8-4-5-12(9-18)16(21)22;/h3,6-7,11-12H,4-5,8-9H2,1-2H3,(H,17,20)(H,21,22);1H. The van der Waals surface area contributed by atoms with Crippen LogP contribution in [0, 0.1) is 23.0 Å². The van der Waals surface area contributed by atoms with E-state index < -0.39 is 22.9 Å². The monoisotopic (exact) mass is 371 g/mol. The number of aliphatic carboxylic acids is 1. The van der Waals surface area contributed by atoms with Crippen molar-refractivity contribution in [1.82, 2.24) is 4.90 Å². The minimum atomic E-state index is -0.846. The van der Waals surface area contributed by atoms with Crippen molar-refractivity contribution in [1.29, 1.82) is 0 Å². The van der Waals surface area contributed by atoms with Crippen LogP contribution < -0.4 is 5.32 Å². The second kappa shape index (κ2) is 8.77. The number of carboxylic acids is 1. The lowest BCUT2D eigenvalue weighted by molar-refractivity contribution is -0.385. The zero-order valence-corrected chi connectivity index (χ0v) is 14.9. The Kier molecular flexibility index (Phi) is 7.32. The third-order valence-corrected chi connectivity index (χ3v) is 4.49. The maximum atomic E-state index is 12.5. The van der Waals surface area contributed by atoms with Gasteiger partial charge in [0.05, 0.1) is 28.1 Å². The lowest BCUT2D eigenvalue weighted by atomic mass is 9.97. The Balaban J connectivity index is 0.00000312. The SMILES string of the molecule is Cc1c(NC(=O)C(C)N2CCCC(C(=O)O)C2)cccc1[N+](=O)[O-].Cl. The van der Waals surface area contributed by atoms with Crippen LogP contribution in [0.5, 0.6) is 0 Å². The van der Waals surface area contributed by atoms with Crippen LogP contribution in [0.2, 0.25) is 0 Å². The van der Waals surface area contributed by atoms with Gasteiger partial charge in [-0.2, -0.15) is 0 Å². The highest BCUT2D eigenvalue weighted by Crippen LogP contribution is 2.26. The smallest absolute Gasteiger partial charge is 0.307 e. The fourth-order valence-corrected chi connectivity index (χ4v) is 2.92. The molecule has 2 rings (SSSR count). The van der Waals surface area contributed by atoms with Gasteiger partial charge in [0, 0.05) is 12.6 Å². The highest BCUT2D eigenvalue weighted by atomic mass is 35.5. The molecule has 1 amide bonds. The molecule has 0 spiro atoms. The lowest BCUT2D eigenvalue weighted by Gasteiger charge is -2.34. The van der Waals surface area contributed by atoms with E-state index in [0.29, 0.717) is 30.8 Å². The maximum absolute atomic E-state index is 12.5. The third-order valence-electron chi connectivity index (χ3n) is 4.49. The summed E-state index contributed by atoms with van der Waals surface area (Å²) in [5, 5.41) is 22.8. The third kappa shape index (κ3) is 4.90. The number of carboxylic acid groups (broad SMARTS) is 1. The van der Waals surface area contributed by atoms with Crippen LogP contribution in [0.15, 0.2) is 18.2 Å². The van der Waals surface area contributed by atoms with Gasteiger partial charge < -0.3 is 10.4 Å². The number of halogens is 1. The number of nitrogens with zero attached hydrogens (tertiary/aromatic N) is 2. The average molecular weight is 372 g/mol. The van der Waals surface area contributed by atoms with Crippen LogP contribution >= 0.6 is 12.4 Å². The molecule has 1 aromatic carbocycles. The molecule has 0 aromatic heterocycles. The van der Waals surface area contributed by atoms with Crippen LogP contribution in [0.3, 0.4) is 0 Å². The Bertz CT molecular complexity index is 667. The first-order valence-electron chi connectivity index (χ1n) is 7.83. The topological polar surface area (TPSA) is 113 Å². The molecule has 1 saturated heterocycles. The summed E-state index contributed by atoms with van der Waals surface area (Å²) in [6, 6.07) is 4.01. The number of benzene rings is 1. The molecule has 1 fully saturated rings. The van der Waals surface area contributed by atoms with E-state index >= 15 is 0 Å². The minimum Gasteiger partial charge on any atom is -0.481 e. The predicted molar refractivity (Wildman–Crippen MR) is 95.1 cm³/mol. The predicted octanol–water partition coefficient (Wildman–Crippen LogP) is 2.45. The number of hydrogen-bond donors (Lipinski definition) is 2. The Labute approximate surface area is 151 Å². The van der Waals surface area contributed by atoms with Crippen molar-refractivity contribution in [3.05, 3.63) is 33.9 Å². The summed E-state index contributed by atoms with van der Waals surface area (Å²) in [5.41, 5.74) is 0.738. The highest BCUT2D eigenvalue weighted by molar-refractivity contribution is 5.95. The summed E-state index contributed by atoms with van der Waals surface area (Å²) >= 11 is 0. The van der Waals surface area contributed by atoms with Crippen LogP contribution in [0.4, 0.5) is 11.4 Å². The van der Waals surface area contributed by atoms with Gasteiger partial charge >= 0.3 is 5.97 Å². The van der Waals surface area contributed by atoms with Gasteiger partial charge in [-0.3, -0.25) is 24.6 Å². The molecule has 1 heterocycles. The van der Waals surface area contributed by atoms with Crippen molar-refractivity contribution in [2.75, 3.05) is 18.4 Å². The lowest BCUT2D eigenvalue weighted by Crippen LogP contribution is -2.48. The highest BCUT2D eigenvalue weighted by Gasteiger charge is 2.31. The van der Waals surface area contributed by atoms with E-state index in [1.54, 1.807) is 19.9 Å². The summed E-state index contributed by atoms with van der Waals surface area (Å²) in [5.74, 6) is -1.61. The Morgan fingerprint density at radius 1 is 1.44 bits per heavy atom. The molecule has 2 N–H and O–H groups in total. The molecule has 1 aliphatic heterocycles. The Morgan fingerprint density at radius 3 is 2.72 bits per heavy atom. The molecule has 138 valence electrons. The van der Waals surface area contributed by atoms with E-state index in [1.165, 1.54) is 12.1 Å². The van der Waals surface area contributed by atoms with Gasteiger partial charge in [-0.15, -0.1) is 12.4 Å². The van der Waals surface area contributed by atoms with E-state index in [-0.39, 0.29) is 24.0 Å². The van der Waals surface area contributed by atoms with Crippen molar-refractivity contribution in [3.8, 4) is 0 Å². The first-order valence-corrected chi connectivity index (χ1v) is 7.83. The van der Waals surface area contributed by atoms with Gasteiger partial charge in [-0.25, -0.2) is 0 Å². The summed E-state index contributed by atoms with van der Waals surface area (Å²) in [6.45, 7) is 4.29. The quantitative estimate of drug-likeness (QED) is 0.607. The average Bonchev–Trinajstić information content (AvgIpc) is 2.55. The largest absolute Gasteiger partial charge is 0.481 e. The Morgan fingerprint density at radius 2 is 2.12 bits per heavy atom. The molecule has 0 aliphatic carbocycles. The van der Waals surface area contributed by atoms with Gasteiger partial charge in [0.2, 0.25) is 5.91 Å². The van der Waals surface area contributed by atoms with E-state index in [4.69, 9.17) is 5.11 Å². The van der Waals surface area contributed by atoms with E-state index in [1.807, 2.05) is 4.90 Å². The van der Waals surface area contributed by atoms with Crippen LogP contribution in [0.25, 0.3) is 0 Å². The number of hydrogen-bond acceptors (Lipinski definition) is 5. The number of piperidine rings is 1. The molecule has 0 radical (unpaired) electrons. The number of nitro groups is 1. The first-order chi connectivity index (χ1) is 11.3. The Hall–Kier alpha value is -2.19. The molecule has 0 saturated carbocycles. The zero-order valence-electron chi connectivity index (χ0n) is 14.1. The number of nitro benzene ring substituents is 1. The molecule has 0 bridgehead atoms. The number of amides is 1. The summed E-state index contributed by atoms with van der Waals surface area (Å²) in [7, 11) is 0. The molecule has 2 unspecified atom stereocenters. The maximum Gasteiger partial charge on any atom is 0.307 e. The summed E-state index contributed by atoms with van der Waals surface area (Å²) < 4.78 is 0. The number of likely N-dealkylation sites (tertiary alicyclic amines) is 1. The molecule has 1 aliphatic rings. The fourth-order valence-electron chi connectivity index (χ4n) is 2.92. The van der Waals surface area contributed by atoms with Gasteiger partial charge in [0.1, 0.15) is 0 Å². The van der Waals surface area contributed by atoms with E-state index in [2.05, 4.69) is 5.32 Å². The van der Waals surface area contributed by atoms with Crippen LogP contribution in [-0.2, 0) is 9.59 Å². The molecule has 1 aromatic rings. The van der Waals surface area contributed by atoms with Gasteiger partial charge in [0.15, 0.2) is 0 Å². The van der Waals surface area contributed by atoms with E-state index in [0.717, 1.165) is 6.42 Å². The van der Waals surface area contributed by atoms with Crippen molar-refractivity contribution >= 4 is 35.7 Å². The molecule has 25 heavy (non-hydrogen) atoms. The van der Waals surface area contributed by atoms with Crippen molar-refractivity contribution < 1.29 is 19.6 Å². The second-order valence-electron chi connectivity index (χ2n) is 6.04. The van der Waals surface area contributed by atoms with Gasteiger partial charge in [0.25, 0.3) is 5.69 Å². The molecular weight excluding hydrogens is 350 g/mol. The fraction of sp³-hybridized carbons (Fsp3) is 0.500. The normalized spacial score (nSPS) is 18.7. The minimum absolute atomic E-state index is 0. The van der Waals surface area contributed by atoms with Crippen LogP contribution in [-0.4, -0.2) is 45.9 Å². The number of rotatable bonds is 5. The van der Waals surface area contributed by atoms with Gasteiger partial charge in [-0.05, 0) is 39.3 Å². The molecule has 2 atom stereocenters. The number of carbonyl (C=O) groups excluding carboxylic acids is 1.